The average molecular weight is 380 g/mol. The van der Waals surface area contributed by atoms with Gasteiger partial charge in [-0.25, -0.2) is 9.59 Å². The van der Waals surface area contributed by atoms with Crippen LogP contribution >= 0.6 is 0 Å². The van der Waals surface area contributed by atoms with Gasteiger partial charge in [0, 0.05) is 17.7 Å². The predicted octanol–water partition coefficient (Wildman–Crippen LogP) is 4.00. The van der Waals surface area contributed by atoms with Crippen molar-refractivity contribution in [2.45, 2.75) is 13.8 Å². The monoisotopic (exact) mass is 380 g/mol. The van der Waals surface area contributed by atoms with Gasteiger partial charge in [-0.3, -0.25) is 0 Å². The fourth-order valence-electron chi connectivity index (χ4n) is 3.17. The van der Waals surface area contributed by atoms with Crippen molar-refractivity contribution < 1.29 is 23.1 Å². The summed E-state index contributed by atoms with van der Waals surface area (Å²) in [5, 5.41) is 10.5. The Morgan fingerprint density at radius 3 is 2.14 bits per heavy atom. The third kappa shape index (κ3) is 2.77. The summed E-state index contributed by atoms with van der Waals surface area (Å²) in [6.45, 7) is 3.16. The molecule has 3 aromatic heterocycles. The van der Waals surface area contributed by atoms with Gasteiger partial charge in [0.1, 0.15) is 45.3 Å². The molecule has 0 aliphatic heterocycles. The van der Waals surface area contributed by atoms with E-state index in [0.29, 0.717) is 17.1 Å². The van der Waals surface area contributed by atoms with Gasteiger partial charge in [0.2, 0.25) is 0 Å². The lowest BCUT2D eigenvalue weighted by molar-refractivity contribution is 0.415. The molecule has 0 saturated carbocycles. The van der Waals surface area contributed by atoms with Crippen LogP contribution < -0.4 is 16.0 Å². The maximum atomic E-state index is 12.6. The Kier molecular flexibility index (Phi) is 4.07. The first-order valence-electron chi connectivity index (χ1n) is 8.45. The highest BCUT2D eigenvalue weighted by Crippen LogP contribution is 2.41. The van der Waals surface area contributed by atoms with E-state index in [0.717, 1.165) is 0 Å². The Morgan fingerprint density at radius 1 is 0.857 bits per heavy atom. The zero-order valence-electron chi connectivity index (χ0n) is 15.4. The van der Waals surface area contributed by atoms with Crippen LogP contribution in [0.15, 0.2) is 59.2 Å². The van der Waals surface area contributed by atoms with Gasteiger partial charge in [0.05, 0.1) is 12.7 Å². The molecule has 0 spiro atoms. The number of methoxy groups -OCH3 is 1. The SMILES string of the molecule is COc1ccc(-c2oc3cc(C)oc(=O)c3c2-c2c(O)cc(C)oc2=O)cc1. The average Bonchev–Trinajstić information content (AvgIpc) is 3.00. The van der Waals surface area contributed by atoms with Crippen LogP contribution in [0, 0.1) is 13.8 Å². The lowest BCUT2D eigenvalue weighted by Gasteiger charge is -2.06. The van der Waals surface area contributed by atoms with Gasteiger partial charge in [0.15, 0.2) is 0 Å². The van der Waals surface area contributed by atoms with Crippen LogP contribution in [0.2, 0.25) is 0 Å². The summed E-state index contributed by atoms with van der Waals surface area (Å²) < 4.78 is 21.4. The highest BCUT2D eigenvalue weighted by atomic mass is 16.5. The molecule has 0 saturated heterocycles. The molecule has 4 rings (SSSR count). The van der Waals surface area contributed by atoms with Gasteiger partial charge < -0.3 is 23.1 Å². The van der Waals surface area contributed by atoms with Crippen LogP contribution in [0.5, 0.6) is 11.5 Å². The number of ether oxygens (including phenoxy) is 1. The van der Waals surface area contributed by atoms with Crippen LogP contribution in [0.25, 0.3) is 33.4 Å². The first-order chi connectivity index (χ1) is 13.4. The minimum absolute atomic E-state index is 0.0582. The van der Waals surface area contributed by atoms with Gasteiger partial charge in [0.25, 0.3) is 0 Å². The van der Waals surface area contributed by atoms with Crippen LogP contribution in [-0.4, -0.2) is 12.2 Å². The molecule has 0 aliphatic carbocycles. The summed E-state index contributed by atoms with van der Waals surface area (Å²) in [6, 6.07) is 9.75. The number of hydrogen-bond acceptors (Lipinski definition) is 7. The Bertz CT molecular complexity index is 1300. The molecule has 0 unspecified atom stereocenters. The second-order valence-electron chi connectivity index (χ2n) is 6.32. The Morgan fingerprint density at radius 2 is 1.50 bits per heavy atom. The first kappa shape index (κ1) is 17.7. The molecule has 0 amide bonds. The molecule has 1 N–H and O–H groups in total. The van der Waals surface area contributed by atoms with E-state index in [4.69, 9.17) is 18.0 Å². The zero-order valence-corrected chi connectivity index (χ0v) is 15.4. The Labute approximate surface area is 158 Å². The van der Waals surface area contributed by atoms with Gasteiger partial charge in [-0.15, -0.1) is 0 Å². The summed E-state index contributed by atoms with van der Waals surface area (Å²) in [5.41, 5.74) is -0.660. The van der Waals surface area contributed by atoms with Crippen molar-refractivity contribution in [2.24, 2.45) is 0 Å². The van der Waals surface area contributed by atoms with Gasteiger partial charge >= 0.3 is 11.3 Å². The molecule has 7 heteroatoms. The fourth-order valence-corrected chi connectivity index (χ4v) is 3.17. The van der Waals surface area contributed by atoms with Crippen molar-refractivity contribution in [3.05, 3.63) is 68.8 Å². The van der Waals surface area contributed by atoms with Crippen LogP contribution in [-0.2, 0) is 0 Å². The summed E-state index contributed by atoms with van der Waals surface area (Å²) in [5.74, 6) is 1.16. The minimum atomic E-state index is -0.782. The highest BCUT2D eigenvalue weighted by Gasteiger charge is 2.26. The van der Waals surface area contributed by atoms with Crippen molar-refractivity contribution in [3.8, 4) is 33.9 Å². The molecule has 0 aliphatic rings. The quantitative estimate of drug-likeness (QED) is 0.573. The number of benzene rings is 1. The maximum Gasteiger partial charge on any atom is 0.347 e. The number of furan rings is 1. The molecule has 3 heterocycles. The second kappa shape index (κ2) is 6.45. The largest absolute Gasteiger partial charge is 0.507 e. The molecular formula is C21H16O7. The molecule has 142 valence electrons. The number of aromatic hydroxyl groups is 1. The van der Waals surface area contributed by atoms with Crippen molar-refractivity contribution >= 4 is 11.0 Å². The number of aryl methyl sites for hydroxylation is 2. The van der Waals surface area contributed by atoms with Crippen molar-refractivity contribution in [3.63, 3.8) is 0 Å². The van der Waals surface area contributed by atoms with Gasteiger partial charge in [-0.05, 0) is 38.1 Å². The predicted molar refractivity (Wildman–Crippen MR) is 102 cm³/mol. The smallest absolute Gasteiger partial charge is 0.347 e. The molecule has 0 bridgehead atoms. The normalized spacial score (nSPS) is 11.1. The van der Waals surface area contributed by atoms with Crippen LogP contribution in [0.1, 0.15) is 11.5 Å². The lowest BCUT2D eigenvalue weighted by Crippen LogP contribution is -2.07. The third-order valence-electron chi connectivity index (χ3n) is 4.38. The third-order valence-corrected chi connectivity index (χ3v) is 4.38. The van der Waals surface area contributed by atoms with Crippen LogP contribution in [0.3, 0.4) is 0 Å². The topological polar surface area (TPSA) is 103 Å². The second-order valence-corrected chi connectivity index (χ2v) is 6.32. The first-order valence-corrected chi connectivity index (χ1v) is 8.45. The van der Waals surface area contributed by atoms with Crippen molar-refractivity contribution in [1.82, 2.24) is 0 Å². The van der Waals surface area contributed by atoms with Crippen molar-refractivity contribution in [2.75, 3.05) is 7.11 Å². The maximum absolute atomic E-state index is 12.6. The summed E-state index contributed by atoms with van der Waals surface area (Å²) in [7, 11) is 1.55. The molecule has 1 aromatic carbocycles. The number of hydrogen-bond donors (Lipinski definition) is 1. The van der Waals surface area contributed by atoms with E-state index in [1.165, 1.54) is 6.07 Å². The van der Waals surface area contributed by atoms with Gasteiger partial charge in [-0.2, -0.15) is 0 Å². The Balaban J connectivity index is 2.14. The molecule has 0 fully saturated rings. The number of rotatable bonds is 3. The molecule has 28 heavy (non-hydrogen) atoms. The van der Waals surface area contributed by atoms with E-state index < -0.39 is 11.3 Å². The van der Waals surface area contributed by atoms with E-state index in [1.807, 2.05) is 0 Å². The van der Waals surface area contributed by atoms with E-state index in [9.17, 15) is 14.7 Å². The van der Waals surface area contributed by atoms with E-state index in [2.05, 4.69) is 0 Å². The van der Waals surface area contributed by atoms with Crippen LogP contribution in [0.4, 0.5) is 0 Å². The van der Waals surface area contributed by atoms with Gasteiger partial charge in [-0.1, -0.05) is 0 Å². The molecule has 7 nitrogen and oxygen atoms in total. The molecule has 4 aromatic rings. The molecule has 0 radical (unpaired) electrons. The van der Waals surface area contributed by atoms with E-state index in [1.54, 1.807) is 51.3 Å². The summed E-state index contributed by atoms with van der Waals surface area (Å²) >= 11 is 0. The highest BCUT2D eigenvalue weighted by molar-refractivity contribution is 6.02. The van der Waals surface area contributed by atoms with E-state index in [-0.39, 0.29) is 39.4 Å². The fraction of sp³-hybridized carbons (Fsp3) is 0.143. The number of fused-ring (bicyclic) bond motifs is 1. The summed E-state index contributed by atoms with van der Waals surface area (Å²) in [4.78, 5) is 25.1. The van der Waals surface area contributed by atoms with E-state index >= 15 is 0 Å². The molecular weight excluding hydrogens is 364 g/mol. The van der Waals surface area contributed by atoms with Crippen molar-refractivity contribution in [1.29, 1.82) is 0 Å². The zero-order chi connectivity index (χ0) is 20.0. The lowest BCUT2D eigenvalue weighted by atomic mass is 9.99. The standard InChI is InChI=1S/C21H16O7/c1-10-8-14(22)16(20(23)26-10)18-17-15(9-11(2)27-21(17)24)28-19(18)12-4-6-13(25-3)7-5-12/h4-9,22H,1-3H3. The molecule has 0 atom stereocenters. The Hall–Kier alpha value is -3.74. The summed E-state index contributed by atoms with van der Waals surface area (Å²) in [6.07, 6.45) is 0. The minimum Gasteiger partial charge on any atom is -0.507 e.